The lowest BCUT2D eigenvalue weighted by atomic mass is 10.2. The van der Waals surface area contributed by atoms with Gasteiger partial charge in [0.1, 0.15) is 5.82 Å². The summed E-state index contributed by atoms with van der Waals surface area (Å²) in [7, 11) is 0. The molecule has 5 nitrogen and oxygen atoms in total. The Kier molecular flexibility index (Phi) is 4.43. The first-order valence-electron chi connectivity index (χ1n) is 6.96. The van der Waals surface area contributed by atoms with E-state index in [9.17, 15) is 4.79 Å². The number of rotatable bonds is 4. The molecule has 0 spiro atoms. The highest BCUT2D eigenvalue weighted by Crippen LogP contribution is 2.23. The zero-order chi connectivity index (χ0) is 16.2. The standard InChI is InChI=1S/C17H14BrN3O2/c1-11-9-12(4-6-14(11)18)20-13-5-7-16(19-10-13)21-17(22)15-3-2-8-23-15/h2-10,20H,1H3,(H,19,21,22). The molecular formula is C17H14BrN3O2. The Morgan fingerprint density at radius 1 is 1.17 bits per heavy atom. The van der Waals surface area contributed by atoms with Gasteiger partial charge in [-0.25, -0.2) is 4.98 Å². The number of carbonyl (C=O) groups is 1. The molecule has 0 aliphatic rings. The Morgan fingerprint density at radius 2 is 2.00 bits per heavy atom. The number of anilines is 3. The summed E-state index contributed by atoms with van der Waals surface area (Å²) in [6.45, 7) is 2.03. The van der Waals surface area contributed by atoms with Crippen molar-refractivity contribution >= 4 is 39.0 Å². The first-order valence-corrected chi connectivity index (χ1v) is 7.75. The maximum Gasteiger partial charge on any atom is 0.292 e. The SMILES string of the molecule is Cc1cc(Nc2ccc(NC(=O)c3ccco3)nc2)ccc1Br. The van der Waals surface area contributed by atoms with Gasteiger partial charge in [0.25, 0.3) is 5.91 Å². The third-order valence-corrected chi connectivity index (χ3v) is 4.09. The van der Waals surface area contributed by atoms with Crippen molar-refractivity contribution in [3.63, 3.8) is 0 Å². The Morgan fingerprint density at radius 3 is 2.65 bits per heavy atom. The summed E-state index contributed by atoms with van der Waals surface area (Å²) in [5.74, 6) is 0.384. The quantitative estimate of drug-likeness (QED) is 0.694. The van der Waals surface area contributed by atoms with Crippen LogP contribution in [-0.4, -0.2) is 10.9 Å². The molecule has 1 aromatic carbocycles. The van der Waals surface area contributed by atoms with E-state index in [4.69, 9.17) is 4.42 Å². The third kappa shape index (κ3) is 3.78. The van der Waals surface area contributed by atoms with Crippen LogP contribution < -0.4 is 10.6 Å². The third-order valence-electron chi connectivity index (χ3n) is 3.20. The minimum Gasteiger partial charge on any atom is -0.459 e. The van der Waals surface area contributed by atoms with Gasteiger partial charge in [0.15, 0.2) is 5.76 Å². The summed E-state index contributed by atoms with van der Waals surface area (Å²) in [6.07, 6.45) is 3.12. The molecule has 0 unspecified atom stereocenters. The van der Waals surface area contributed by atoms with Crippen molar-refractivity contribution in [1.82, 2.24) is 4.98 Å². The largest absolute Gasteiger partial charge is 0.459 e. The van der Waals surface area contributed by atoms with Crippen LogP contribution in [0.1, 0.15) is 16.1 Å². The lowest BCUT2D eigenvalue weighted by molar-refractivity contribution is 0.0996. The smallest absolute Gasteiger partial charge is 0.292 e. The average Bonchev–Trinajstić information content (AvgIpc) is 3.07. The number of nitrogens with one attached hydrogen (secondary N) is 2. The van der Waals surface area contributed by atoms with Gasteiger partial charge in [0, 0.05) is 10.2 Å². The molecule has 2 heterocycles. The van der Waals surface area contributed by atoms with Crippen molar-refractivity contribution in [2.75, 3.05) is 10.6 Å². The van der Waals surface area contributed by atoms with Gasteiger partial charge >= 0.3 is 0 Å². The molecule has 0 fully saturated rings. The minimum atomic E-state index is -0.327. The maximum atomic E-state index is 11.9. The summed E-state index contributed by atoms with van der Waals surface area (Å²) in [5, 5.41) is 5.94. The zero-order valence-corrected chi connectivity index (χ0v) is 13.9. The van der Waals surface area contributed by atoms with Gasteiger partial charge in [-0.3, -0.25) is 4.79 Å². The van der Waals surface area contributed by atoms with Gasteiger partial charge < -0.3 is 15.1 Å². The van der Waals surface area contributed by atoms with E-state index in [2.05, 4.69) is 31.5 Å². The first kappa shape index (κ1) is 15.3. The molecular weight excluding hydrogens is 358 g/mol. The number of aromatic nitrogens is 1. The van der Waals surface area contributed by atoms with Crippen LogP contribution in [0.5, 0.6) is 0 Å². The highest BCUT2D eigenvalue weighted by atomic mass is 79.9. The molecule has 6 heteroatoms. The van der Waals surface area contributed by atoms with Gasteiger partial charge in [-0.05, 0) is 55.0 Å². The van der Waals surface area contributed by atoms with Gasteiger partial charge in [-0.2, -0.15) is 0 Å². The van der Waals surface area contributed by atoms with Gasteiger partial charge in [0.2, 0.25) is 0 Å². The summed E-state index contributed by atoms with van der Waals surface area (Å²) in [5.41, 5.74) is 2.95. The Hall–Kier alpha value is -2.60. The van der Waals surface area contributed by atoms with Gasteiger partial charge in [-0.1, -0.05) is 15.9 Å². The lowest BCUT2D eigenvalue weighted by Gasteiger charge is -2.09. The van der Waals surface area contributed by atoms with E-state index in [1.165, 1.54) is 6.26 Å². The van der Waals surface area contributed by atoms with E-state index < -0.39 is 0 Å². The number of nitrogens with zero attached hydrogens (tertiary/aromatic N) is 1. The normalized spacial score (nSPS) is 10.3. The highest BCUT2D eigenvalue weighted by Gasteiger charge is 2.09. The van der Waals surface area contributed by atoms with Crippen LogP contribution in [0.2, 0.25) is 0 Å². The van der Waals surface area contributed by atoms with Crippen LogP contribution in [0.15, 0.2) is 63.8 Å². The van der Waals surface area contributed by atoms with Crippen molar-refractivity contribution in [1.29, 1.82) is 0 Å². The van der Waals surface area contributed by atoms with Crippen LogP contribution in [0.4, 0.5) is 17.2 Å². The number of hydrogen-bond donors (Lipinski definition) is 2. The predicted octanol–water partition coefficient (Wildman–Crippen LogP) is 4.74. The van der Waals surface area contributed by atoms with E-state index in [1.54, 1.807) is 24.4 Å². The van der Waals surface area contributed by atoms with E-state index in [-0.39, 0.29) is 11.7 Å². The molecule has 1 amide bonds. The Labute approximate surface area is 141 Å². The van der Waals surface area contributed by atoms with Crippen molar-refractivity contribution in [3.8, 4) is 0 Å². The number of benzene rings is 1. The summed E-state index contributed by atoms with van der Waals surface area (Å²) in [6, 6.07) is 12.8. The topological polar surface area (TPSA) is 67.2 Å². The van der Waals surface area contributed by atoms with Crippen LogP contribution in [-0.2, 0) is 0 Å². The number of hydrogen-bond acceptors (Lipinski definition) is 4. The summed E-state index contributed by atoms with van der Waals surface area (Å²) >= 11 is 3.48. The molecule has 0 saturated heterocycles. The number of aryl methyl sites for hydroxylation is 1. The van der Waals surface area contributed by atoms with Crippen LogP contribution >= 0.6 is 15.9 Å². The van der Waals surface area contributed by atoms with Gasteiger partial charge in [-0.15, -0.1) is 0 Å². The fourth-order valence-corrected chi connectivity index (χ4v) is 2.26. The molecule has 2 N–H and O–H groups in total. The summed E-state index contributed by atoms with van der Waals surface area (Å²) < 4.78 is 6.10. The number of carbonyl (C=O) groups excluding carboxylic acids is 1. The molecule has 0 atom stereocenters. The maximum absolute atomic E-state index is 11.9. The predicted molar refractivity (Wildman–Crippen MR) is 93.1 cm³/mol. The zero-order valence-electron chi connectivity index (χ0n) is 12.3. The van der Waals surface area contributed by atoms with Crippen LogP contribution in [0, 0.1) is 6.92 Å². The second-order valence-electron chi connectivity index (χ2n) is 4.95. The van der Waals surface area contributed by atoms with E-state index in [1.807, 2.05) is 31.2 Å². The fraction of sp³-hybridized carbons (Fsp3) is 0.0588. The Balaban J connectivity index is 1.67. The molecule has 2 aromatic heterocycles. The molecule has 0 bridgehead atoms. The molecule has 0 aliphatic heterocycles. The minimum absolute atomic E-state index is 0.249. The molecule has 0 radical (unpaired) electrons. The fourth-order valence-electron chi connectivity index (χ4n) is 2.02. The second-order valence-corrected chi connectivity index (χ2v) is 5.81. The molecule has 3 aromatic rings. The lowest BCUT2D eigenvalue weighted by Crippen LogP contribution is -2.11. The molecule has 23 heavy (non-hydrogen) atoms. The van der Waals surface area contributed by atoms with Crippen molar-refractivity contribution in [2.45, 2.75) is 6.92 Å². The Bertz CT molecular complexity index is 814. The molecule has 0 saturated carbocycles. The van der Waals surface area contributed by atoms with Crippen molar-refractivity contribution in [2.24, 2.45) is 0 Å². The number of amides is 1. The summed E-state index contributed by atoms with van der Waals surface area (Å²) in [4.78, 5) is 16.1. The average molecular weight is 372 g/mol. The van der Waals surface area contributed by atoms with E-state index in [0.717, 1.165) is 21.4 Å². The second kappa shape index (κ2) is 6.66. The van der Waals surface area contributed by atoms with E-state index >= 15 is 0 Å². The number of halogens is 1. The van der Waals surface area contributed by atoms with Crippen LogP contribution in [0.3, 0.4) is 0 Å². The molecule has 0 aliphatic carbocycles. The highest BCUT2D eigenvalue weighted by molar-refractivity contribution is 9.10. The van der Waals surface area contributed by atoms with Gasteiger partial charge in [0.05, 0.1) is 18.1 Å². The van der Waals surface area contributed by atoms with Crippen LogP contribution in [0.25, 0.3) is 0 Å². The molecule has 116 valence electrons. The molecule has 3 rings (SSSR count). The van der Waals surface area contributed by atoms with Crippen molar-refractivity contribution in [3.05, 3.63) is 70.7 Å². The number of furan rings is 1. The van der Waals surface area contributed by atoms with E-state index in [0.29, 0.717) is 5.82 Å². The monoisotopic (exact) mass is 371 g/mol. The first-order chi connectivity index (χ1) is 11.1. The number of pyridine rings is 1. The van der Waals surface area contributed by atoms with Crippen molar-refractivity contribution < 1.29 is 9.21 Å².